The molecule has 1 aliphatic rings. The van der Waals surface area contributed by atoms with Gasteiger partial charge in [-0.15, -0.1) is 0 Å². The van der Waals surface area contributed by atoms with Gasteiger partial charge >= 0.3 is 0 Å². The Labute approximate surface area is 147 Å². The summed E-state index contributed by atoms with van der Waals surface area (Å²) in [6.45, 7) is 3.43. The topological polar surface area (TPSA) is 50.3 Å². The van der Waals surface area contributed by atoms with Gasteiger partial charge in [-0.25, -0.2) is 4.98 Å². The molecule has 0 radical (unpaired) electrons. The van der Waals surface area contributed by atoms with E-state index in [4.69, 9.17) is 4.74 Å². The van der Waals surface area contributed by atoms with Crippen molar-refractivity contribution in [3.8, 4) is 0 Å². The standard InChI is InChI=1S/C20H22N4O/c1-21-20-6-2-5-18(23-20)19-14-24(10-11-25-19)13-15-7-8-17-16(12-15)4-3-9-22-17/h2-9,12,19H,10-11,13-14H2,1H3,(H,21,23)/t19-/m0/s1. The Hall–Kier alpha value is -2.50. The van der Waals surface area contributed by atoms with Crippen LogP contribution >= 0.6 is 0 Å². The lowest BCUT2D eigenvalue weighted by molar-refractivity contribution is -0.0349. The van der Waals surface area contributed by atoms with Crippen LogP contribution in [0.25, 0.3) is 10.9 Å². The summed E-state index contributed by atoms with van der Waals surface area (Å²) in [5, 5.41) is 4.28. The molecule has 1 fully saturated rings. The summed E-state index contributed by atoms with van der Waals surface area (Å²) >= 11 is 0. The Morgan fingerprint density at radius 1 is 1.20 bits per heavy atom. The van der Waals surface area contributed by atoms with Crippen molar-refractivity contribution in [2.24, 2.45) is 0 Å². The number of hydrogen-bond donors (Lipinski definition) is 1. The number of nitrogens with zero attached hydrogens (tertiary/aromatic N) is 3. The quantitative estimate of drug-likeness (QED) is 0.794. The Morgan fingerprint density at radius 2 is 2.16 bits per heavy atom. The zero-order valence-corrected chi connectivity index (χ0v) is 14.4. The van der Waals surface area contributed by atoms with E-state index in [0.717, 1.165) is 43.3 Å². The van der Waals surface area contributed by atoms with Crippen LogP contribution in [-0.2, 0) is 11.3 Å². The molecular formula is C20H22N4O. The summed E-state index contributed by atoms with van der Waals surface area (Å²) in [5.74, 6) is 0.875. The fraction of sp³-hybridized carbons (Fsp3) is 0.300. The molecule has 0 amide bonds. The van der Waals surface area contributed by atoms with E-state index in [1.54, 1.807) is 0 Å². The molecule has 0 saturated carbocycles. The number of nitrogens with one attached hydrogen (secondary N) is 1. The van der Waals surface area contributed by atoms with Gasteiger partial charge < -0.3 is 10.1 Å². The maximum absolute atomic E-state index is 5.96. The molecule has 0 unspecified atom stereocenters. The number of morpholine rings is 1. The summed E-state index contributed by atoms with van der Waals surface area (Å²) in [5.41, 5.74) is 3.33. The Balaban J connectivity index is 1.48. The van der Waals surface area contributed by atoms with Crippen molar-refractivity contribution in [2.75, 3.05) is 32.1 Å². The van der Waals surface area contributed by atoms with Crippen molar-refractivity contribution in [1.29, 1.82) is 0 Å². The molecule has 2 aromatic heterocycles. The minimum Gasteiger partial charge on any atom is -0.373 e. The SMILES string of the molecule is CNc1cccc([C@@H]2CN(Cc3ccc4ncccc4c3)CCO2)n1. The molecule has 0 spiro atoms. The van der Waals surface area contributed by atoms with E-state index in [0.29, 0.717) is 0 Å². The summed E-state index contributed by atoms with van der Waals surface area (Å²) in [6.07, 6.45) is 1.85. The Kier molecular flexibility index (Phi) is 4.59. The molecule has 1 N–H and O–H groups in total. The lowest BCUT2D eigenvalue weighted by Gasteiger charge is -2.32. The van der Waals surface area contributed by atoms with E-state index in [2.05, 4.69) is 44.5 Å². The van der Waals surface area contributed by atoms with Crippen molar-refractivity contribution in [3.05, 3.63) is 66.0 Å². The van der Waals surface area contributed by atoms with E-state index < -0.39 is 0 Å². The van der Waals surface area contributed by atoms with Gasteiger partial charge in [0.2, 0.25) is 0 Å². The second kappa shape index (κ2) is 7.17. The number of fused-ring (bicyclic) bond motifs is 1. The number of hydrogen-bond acceptors (Lipinski definition) is 5. The summed E-state index contributed by atoms with van der Waals surface area (Å²) < 4.78 is 5.96. The number of pyridine rings is 2. The van der Waals surface area contributed by atoms with Crippen LogP contribution in [0.4, 0.5) is 5.82 Å². The third-order valence-corrected chi connectivity index (χ3v) is 4.58. The van der Waals surface area contributed by atoms with Gasteiger partial charge in [0.15, 0.2) is 0 Å². The number of anilines is 1. The predicted molar refractivity (Wildman–Crippen MR) is 99.5 cm³/mol. The monoisotopic (exact) mass is 334 g/mol. The van der Waals surface area contributed by atoms with Crippen LogP contribution in [0.2, 0.25) is 0 Å². The van der Waals surface area contributed by atoms with Crippen LogP contribution in [0.5, 0.6) is 0 Å². The third kappa shape index (κ3) is 3.62. The lowest BCUT2D eigenvalue weighted by Crippen LogP contribution is -2.38. The maximum Gasteiger partial charge on any atom is 0.126 e. The van der Waals surface area contributed by atoms with Crippen LogP contribution in [0, 0.1) is 0 Å². The van der Waals surface area contributed by atoms with E-state index in [9.17, 15) is 0 Å². The minimum absolute atomic E-state index is 0.0178. The first kappa shape index (κ1) is 16.0. The summed E-state index contributed by atoms with van der Waals surface area (Å²) in [6, 6.07) is 16.6. The van der Waals surface area contributed by atoms with Crippen molar-refractivity contribution in [3.63, 3.8) is 0 Å². The van der Waals surface area contributed by atoms with Gasteiger partial charge in [0, 0.05) is 38.3 Å². The summed E-state index contributed by atoms with van der Waals surface area (Å²) in [7, 11) is 1.88. The molecule has 3 heterocycles. The molecule has 5 heteroatoms. The van der Waals surface area contributed by atoms with E-state index in [1.807, 2.05) is 37.5 Å². The van der Waals surface area contributed by atoms with Gasteiger partial charge in [0.25, 0.3) is 0 Å². The van der Waals surface area contributed by atoms with Gasteiger partial charge in [-0.3, -0.25) is 9.88 Å². The molecule has 5 nitrogen and oxygen atoms in total. The Bertz CT molecular complexity index is 867. The van der Waals surface area contributed by atoms with Gasteiger partial charge in [-0.1, -0.05) is 18.2 Å². The van der Waals surface area contributed by atoms with Gasteiger partial charge in [-0.2, -0.15) is 0 Å². The average molecular weight is 334 g/mol. The Morgan fingerprint density at radius 3 is 3.08 bits per heavy atom. The number of ether oxygens (including phenoxy) is 1. The van der Waals surface area contributed by atoms with Crippen LogP contribution in [0.15, 0.2) is 54.7 Å². The van der Waals surface area contributed by atoms with E-state index in [-0.39, 0.29) is 6.10 Å². The van der Waals surface area contributed by atoms with E-state index in [1.165, 1.54) is 10.9 Å². The molecule has 128 valence electrons. The first-order valence-electron chi connectivity index (χ1n) is 8.64. The van der Waals surface area contributed by atoms with Gasteiger partial charge in [0.05, 0.1) is 17.8 Å². The largest absolute Gasteiger partial charge is 0.373 e. The highest BCUT2D eigenvalue weighted by molar-refractivity contribution is 5.78. The molecular weight excluding hydrogens is 312 g/mol. The molecule has 1 saturated heterocycles. The van der Waals surface area contributed by atoms with Crippen LogP contribution in [0.3, 0.4) is 0 Å². The average Bonchev–Trinajstić information content (AvgIpc) is 2.68. The fourth-order valence-corrected chi connectivity index (χ4v) is 3.28. The van der Waals surface area contributed by atoms with Gasteiger partial charge in [-0.05, 0) is 35.9 Å². The van der Waals surface area contributed by atoms with Crippen molar-refractivity contribution in [1.82, 2.24) is 14.9 Å². The predicted octanol–water partition coefficient (Wildman–Crippen LogP) is 3.25. The smallest absolute Gasteiger partial charge is 0.126 e. The van der Waals surface area contributed by atoms with Crippen LogP contribution < -0.4 is 5.32 Å². The second-order valence-corrected chi connectivity index (χ2v) is 6.32. The highest BCUT2D eigenvalue weighted by Gasteiger charge is 2.23. The third-order valence-electron chi connectivity index (χ3n) is 4.58. The van der Waals surface area contributed by atoms with Crippen molar-refractivity contribution < 1.29 is 4.74 Å². The normalized spacial score (nSPS) is 18.4. The second-order valence-electron chi connectivity index (χ2n) is 6.32. The first-order valence-corrected chi connectivity index (χ1v) is 8.64. The zero-order chi connectivity index (χ0) is 17.1. The number of aromatic nitrogens is 2. The molecule has 3 aromatic rings. The highest BCUT2D eigenvalue weighted by atomic mass is 16.5. The van der Waals surface area contributed by atoms with Crippen molar-refractivity contribution in [2.45, 2.75) is 12.6 Å². The van der Waals surface area contributed by atoms with Crippen molar-refractivity contribution >= 4 is 16.7 Å². The maximum atomic E-state index is 5.96. The van der Waals surface area contributed by atoms with Gasteiger partial charge in [0.1, 0.15) is 11.9 Å². The molecule has 1 atom stereocenters. The van der Waals surface area contributed by atoms with Crippen LogP contribution in [-0.4, -0.2) is 41.6 Å². The van der Waals surface area contributed by atoms with E-state index >= 15 is 0 Å². The molecule has 25 heavy (non-hydrogen) atoms. The highest BCUT2D eigenvalue weighted by Crippen LogP contribution is 2.23. The molecule has 0 bridgehead atoms. The lowest BCUT2D eigenvalue weighted by atomic mass is 10.1. The molecule has 1 aromatic carbocycles. The molecule has 1 aliphatic heterocycles. The molecule has 0 aliphatic carbocycles. The fourth-order valence-electron chi connectivity index (χ4n) is 3.28. The zero-order valence-electron chi connectivity index (χ0n) is 14.4. The first-order chi connectivity index (χ1) is 12.3. The minimum atomic E-state index is 0.0178. The number of rotatable bonds is 4. The number of benzene rings is 1. The molecule has 4 rings (SSSR count). The van der Waals surface area contributed by atoms with Crippen LogP contribution in [0.1, 0.15) is 17.4 Å². The summed E-state index contributed by atoms with van der Waals surface area (Å²) in [4.78, 5) is 11.4.